The van der Waals surface area contributed by atoms with Gasteiger partial charge in [-0.15, -0.1) is 0 Å². The first-order valence-electron chi connectivity index (χ1n) is 7.36. The van der Waals surface area contributed by atoms with Crippen LogP contribution in [-0.2, 0) is 13.1 Å². The molecular formula is C16H26N2S. The minimum absolute atomic E-state index is 0.765. The van der Waals surface area contributed by atoms with E-state index in [0.717, 1.165) is 25.7 Å². The van der Waals surface area contributed by atoms with Crippen LogP contribution < -0.4 is 5.32 Å². The van der Waals surface area contributed by atoms with Crippen LogP contribution in [0.2, 0.25) is 0 Å². The molecule has 1 saturated heterocycles. The molecule has 0 radical (unpaired) electrons. The highest BCUT2D eigenvalue weighted by Gasteiger charge is 2.20. The Labute approximate surface area is 122 Å². The number of rotatable bonds is 7. The summed E-state index contributed by atoms with van der Waals surface area (Å²) in [7, 11) is 2.27. The summed E-state index contributed by atoms with van der Waals surface area (Å²) in [5.41, 5.74) is 2.93. The summed E-state index contributed by atoms with van der Waals surface area (Å²) in [6, 6.07) is 9.62. The molecule has 1 aliphatic heterocycles. The molecule has 0 bridgehead atoms. The average Bonchev–Trinajstić information content (AvgIpc) is 2.95. The van der Waals surface area contributed by atoms with Crippen LogP contribution in [0.15, 0.2) is 24.3 Å². The Balaban J connectivity index is 1.94. The van der Waals surface area contributed by atoms with E-state index in [1.54, 1.807) is 0 Å². The topological polar surface area (TPSA) is 15.3 Å². The fraction of sp³-hybridized carbons (Fsp3) is 0.625. The third-order valence-electron chi connectivity index (χ3n) is 3.81. The summed E-state index contributed by atoms with van der Waals surface area (Å²) in [5, 5.41) is 3.51. The van der Waals surface area contributed by atoms with Crippen LogP contribution in [0.5, 0.6) is 0 Å². The van der Waals surface area contributed by atoms with Crippen molar-refractivity contribution in [1.29, 1.82) is 0 Å². The molecule has 0 amide bonds. The third-order valence-corrected chi connectivity index (χ3v) is 4.95. The molecule has 1 atom stereocenters. The number of hydrogen-bond donors (Lipinski definition) is 1. The lowest BCUT2D eigenvalue weighted by atomic mass is 10.1. The first-order chi connectivity index (χ1) is 9.31. The van der Waals surface area contributed by atoms with Crippen molar-refractivity contribution in [2.75, 3.05) is 25.1 Å². The summed E-state index contributed by atoms with van der Waals surface area (Å²) < 4.78 is 0. The van der Waals surface area contributed by atoms with Crippen LogP contribution in [0.25, 0.3) is 0 Å². The van der Waals surface area contributed by atoms with E-state index in [2.05, 4.69) is 60.2 Å². The molecule has 0 spiro atoms. The summed E-state index contributed by atoms with van der Waals surface area (Å²) >= 11 is 2.09. The van der Waals surface area contributed by atoms with Crippen LogP contribution in [0.1, 0.15) is 30.9 Å². The van der Waals surface area contributed by atoms with E-state index in [4.69, 9.17) is 0 Å². The van der Waals surface area contributed by atoms with E-state index < -0.39 is 0 Å². The van der Waals surface area contributed by atoms with Crippen LogP contribution in [-0.4, -0.2) is 36.0 Å². The molecular weight excluding hydrogens is 252 g/mol. The lowest BCUT2D eigenvalue weighted by Crippen LogP contribution is -2.31. The molecule has 0 aliphatic carbocycles. The predicted octanol–water partition coefficient (Wildman–Crippen LogP) is 3.12. The van der Waals surface area contributed by atoms with Crippen molar-refractivity contribution >= 4 is 11.8 Å². The molecule has 3 heteroatoms. The maximum absolute atomic E-state index is 3.51. The van der Waals surface area contributed by atoms with E-state index in [-0.39, 0.29) is 0 Å². The molecule has 0 aromatic heterocycles. The Morgan fingerprint density at radius 2 is 2.11 bits per heavy atom. The summed E-state index contributed by atoms with van der Waals surface area (Å²) in [6.07, 6.45) is 2.54. The largest absolute Gasteiger partial charge is 0.313 e. The maximum atomic E-state index is 3.51. The Morgan fingerprint density at radius 3 is 2.79 bits per heavy atom. The van der Waals surface area contributed by atoms with Crippen molar-refractivity contribution < 1.29 is 0 Å². The Kier molecular flexibility index (Phi) is 6.21. The highest BCUT2D eigenvalue weighted by Crippen LogP contribution is 2.23. The highest BCUT2D eigenvalue weighted by atomic mass is 32.2. The van der Waals surface area contributed by atoms with E-state index in [1.165, 1.54) is 35.5 Å². The normalized spacial score (nSPS) is 19.2. The van der Waals surface area contributed by atoms with Gasteiger partial charge < -0.3 is 5.32 Å². The smallest absolute Gasteiger partial charge is 0.0237 e. The van der Waals surface area contributed by atoms with Gasteiger partial charge in [-0.05, 0) is 43.3 Å². The van der Waals surface area contributed by atoms with Crippen LogP contribution in [0.3, 0.4) is 0 Å². The summed E-state index contributed by atoms with van der Waals surface area (Å²) in [6.45, 7) is 5.39. The van der Waals surface area contributed by atoms with Crippen LogP contribution in [0.4, 0.5) is 0 Å². The van der Waals surface area contributed by atoms with Gasteiger partial charge in [-0.3, -0.25) is 4.90 Å². The Morgan fingerprint density at radius 1 is 1.32 bits per heavy atom. The van der Waals surface area contributed by atoms with E-state index in [1.807, 2.05) is 0 Å². The van der Waals surface area contributed by atoms with Crippen molar-refractivity contribution in [3.05, 3.63) is 35.4 Å². The predicted molar refractivity (Wildman–Crippen MR) is 85.6 cm³/mol. The van der Waals surface area contributed by atoms with Crippen LogP contribution >= 0.6 is 11.8 Å². The van der Waals surface area contributed by atoms with Gasteiger partial charge in [0, 0.05) is 24.9 Å². The van der Waals surface area contributed by atoms with E-state index in [9.17, 15) is 0 Å². The minimum Gasteiger partial charge on any atom is -0.313 e. The third kappa shape index (κ3) is 4.51. The fourth-order valence-electron chi connectivity index (χ4n) is 2.55. The molecule has 1 aromatic carbocycles. The van der Waals surface area contributed by atoms with E-state index >= 15 is 0 Å². The van der Waals surface area contributed by atoms with Crippen molar-refractivity contribution in [2.45, 2.75) is 38.9 Å². The molecule has 1 N–H and O–H groups in total. The molecule has 2 rings (SSSR count). The molecule has 1 fully saturated rings. The molecule has 1 unspecified atom stereocenters. The lowest BCUT2D eigenvalue weighted by molar-refractivity contribution is 0.253. The van der Waals surface area contributed by atoms with Gasteiger partial charge in [0.2, 0.25) is 0 Å². The van der Waals surface area contributed by atoms with Crippen molar-refractivity contribution in [2.24, 2.45) is 0 Å². The number of nitrogens with one attached hydrogen (secondary N) is 1. The molecule has 106 valence electrons. The molecule has 2 nitrogen and oxygen atoms in total. The minimum atomic E-state index is 0.765. The Bertz CT molecular complexity index is 375. The van der Waals surface area contributed by atoms with Crippen molar-refractivity contribution in [3.8, 4) is 0 Å². The number of benzene rings is 1. The second-order valence-corrected chi connectivity index (χ2v) is 6.53. The number of hydrogen-bond acceptors (Lipinski definition) is 3. The average molecular weight is 278 g/mol. The van der Waals surface area contributed by atoms with Gasteiger partial charge in [-0.1, -0.05) is 31.2 Å². The van der Waals surface area contributed by atoms with Crippen molar-refractivity contribution in [1.82, 2.24) is 10.2 Å². The van der Waals surface area contributed by atoms with Gasteiger partial charge in [0.25, 0.3) is 0 Å². The standard InChI is InChI=1S/C16H26N2S/c1-3-9-17-11-14-6-4-5-7-15(14)12-18(2)16-8-10-19-13-16/h4-7,16-17H,3,8-13H2,1-2H3. The highest BCUT2D eigenvalue weighted by molar-refractivity contribution is 7.99. The summed E-state index contributed by atoms with van der Waals surface area (Å²) in [4.78, 5) is 2.53. The molecule has 1 aromatic rings. The number of thioether (sulfide) groups is 1. The second kappa shape index (κ2) is 7.93. The molecule has 0 saturated carbocycles. The van der Waals surface area contributed by atoms with E-state index in [0.29, 0.717) is 0 Å². The zero-order valence-electron chi connectivity index (χ0n) is 12.2. The van der Waals surface area contributed by atoms with Gasteiger partial charge in [-0.2, -0.15) is 11.8 Å². The van der Waals surface area contributed by atoms with Crippen molar-refractivity contribution in [3.63, 3.8) is 0 Å². The monoisotopic (exact) mass is 278 g/mol. The zero-order valence-corrected chi connectivity index (χ0v) is 13.0. The summed E-state index contributed by atoms with van der Waals surface area (Å²) in [5.74, 6) is 2.63. The molecule has 1 aliphatic rings. The zero-order chi connectivity index (χ0) is 13.5. The first kappa shape index (κ1) is 14.9. The SMILES string of the molecule is CCCNCc1ccccc1CN(C)C1CCSC1. The van der Waals surface area contributed by atoms with Gasteiger partial charge >= 0.3 is 0 Å². The van der Waals surface area contributed by atoms with Crippen LogP contribution in [0, 0.1) is 0 Å². The van der Waals surface area contributed by atoms with Gasteiger partial charge in [-0.25, -0.2) is 0 Å². The lowest BCUT2D eigenvalue weighted by Gasteiger charge is -2.24. The quantitative estimate of drug-likeness (QED) is 0.772. The fourth-order valence-corrected chi connectivity index (χ4v) is 3.85. The van der Waals surface area contributed by atoms with Gasteiger partial charge in [0.15, 0.2) is 0 Å². The van der Waals surface area contributed by atoms with Gasteiger partial charge in [0.1, 0.15) is 0 Å². The molecule has 19 heavy (non-hydrogen) atoms. The molecule has 1 heterocycles. The number of nitrogens with zero attached hydrogens (tertiary/aromatic N) is 1. The van der Waals surface area contributed by atoms with Gasteiger partial charge in [0.05, 0.1) is 0 Å². The maximum Gasteiger partial charge on any atom is 0.0237 e. The first-order valence-corrected chi connectivity index (χ1v) is 8.52. The Hall–Kier alpha value is -0.510. The second-order valence-electron chi connectivity index (χ2n) is 5.38.